The second kappa shape index (κ2) is 8.39. The van der Waals surface area contributed by atoms with Gasteiger partial charge in [0.2, 0.25) is 5.91 Å². The van der Waals surface area contributed by atoms with Crippen LogP contribution in [0.2, 0.25) is 0 Å². The number of hydrogen-bond acceptors (Lipinski definition) is 6. The minimum absolute atomic E-state index is 0.0585. The number of likely N-dealkylation sites (tertiary alicyclic amines) is 1. The summed E-state index contributed by atoms with van der Waals surface area (Å²) < 4.78 is 5.11. The van der Waals surface area contributed by atoms with Crippen LogP contribution in [-0.2, 0) is 11.3 Å². The van der Waals surface area contributed by atoms with Crippen molar-refractivity contribution in [1.82, 2.24) is 10.3 Å². The first kappa shape index (κ1) is 17.8. The first-order chi connectivity index (χ1) is 12.6. The molecule has 136 valence electrons. The number of nitro benzene ring substituents is 1. The number of carbonyl (C=O) groups excluding carboxylic acids is 1. The van der Waals surface area contributed by atoms with Crippen LogP contribution in [0.4, 0.5) is 5.69 Å². The van der Waals surface area contributed by atoms with Crippen molar-refractivity contribution in [1.29, 1.82) is 0 Å². The van der Waals surface area contributed by atoms with Crippen molar-refractivity contribution in [2.45, 2.75) is 19.4 Å². The number of piperidine rings is 1. The van der Waals surface area contributed by atoms with Crippen LogP contribution < -0.4 is 5.43 Å². The van der Waals surface area contributed by atoms with Crippen LogP contribution >= 0.6 is 0 Å². The molecule has 1 saturated heterocycles. The molecule has 1 N–H and O–H groups in total. The van der Waals surface area contributed by atoms with E-state index in [0.29, 0.717) is 5.76 Å². The Morgan fingerprint density at radius 3 is 2.65 bits per heavy atom. The molecule has 2 aromatic rings. The minimum atomic E-state index is -0.401. The van der Waals surface area contributed by atoms with Gasteiger partial charge in [0, 0.05) is 24.6 Å². The molecular formula is C18H20N4O4. The van der Waals surface area contributed by atoms with E-state index < -0.39 is 4.92 Å². The molecule has 1 aliphatic heterocycles. The Labute approximate surface area is 150 Å². The molecule has 8 heteroatoms. The third kappa shape index (κ3) is 4.76. The Morgan fingerprint density at radius 2 is 2.04 bits per heavy atom. The molecular weight excluding hydrogens is 336 g/mol. The number of nitro groups is 1. The molecule has 2 heterocycles. The van der Waals surface area contributed by atoms with Gasteiger partial charge in [-0.2, -0.15) is 5.10 Å². The van der Waals surface area contributed by atoms with E-state index >= 15 is 0 Å². The summed E-state index contributed by atoms with van der Waals surface area (Å²) in [6.45, 7) is 2.33. The second-order valence-corrected chi connectivity index (χ2v) is 6.22. The van der Waals surface area contributed by atoms with Crippen LogP contribution in [0.25, 0.3) is 0 Å². The molecule has 0 saturated carbocycles. The number of benzene rings is 1. The molecule has 26 heavy (non-hydrogen) atoms. The summed E-state index contributed by atoms with van der Waals surface area (Å²) >= 11 is 0. The first-order valence-corrected chi connectivity index (χ1v) is 8.44. The van der Waals surface area contributed by atoms with Crippen LogP contribution in [0, 0.1) is 16.0 Å². The molecule has 0 spiro atoms. The van der Waals surface area contributed by atoms with Gasteiger partial charge in [0.25, 0.3) is 5.69 Å². The van der Waals surface area contributed by atoms with Gasteiger partial charge in [-0.15, -0.1) is 0 Å². The zero-order chi connectivity index (χ0) is 18.4. The number of non-ortho nitro benzene ring substituents is 1. The Balaban J connectivity index is 1.43. The number of hydrazone groups is 1. The lowest BCUT2D eigenvalue weighted by atomic mass is 9.96. The minimum Gasteiger partial charge on any atom is -0.463 e. The maximum atomic E-state index is 12.2. The van der Waals surface area contributed by atoms with Crippen molar-refractivity contribution in [3.05, 3.63) is 64.1 Å². The topological polar surface area (TPSA) is 101 Å². The van der Waals surface area contributed by atoms with Crippen LogP contribution in [-0.4, -0.2) is 35.0 Å². The number of nitrogens with zero attached hydrogens (tertiary/aromatic N) is 3. The van der Waals surface area contributed by atoms with Crippen molar-refractivity contribution < 1.29 is 14.1 Å². The number of hydrogen-bond donors (Lipinski definition) is 1. The fraction of sp³-hybridized carbons (Fsp3) is 0.333. The van der Waals surface area contributed by atoms with Gasteiger partial charge in [-0.25, -0.2) is 5.43 Å². The highest BCUT2D eigenvalue weighted by atomic mass is 16.6. The van der Waals surface area contributed by atoms with Gasteiger partial charge in [-0.3, -0.25) is 19.8 Å². The molecule has 0 unspecified atom stereocenters. The van der Waals surface area contributed by atoms with Gasteiger partial charge in [-0.05, 0) is 43.6 Å². The predicted molar refractivity (Wildman–Crippen MR) is 95.5 cm³/mol. The van der Waals surface area contributed by atoms with Gasteiger partial charge in [-0.1, -0.05) is 12.1 Å². The van der Waals surface area contributed by atoms with Crippen molar-refractivity contribution in [3.63, 3.8) is 0 Å². The smallest absolute Gasteiger partial charge is 0.269 e. The summed E-state index contributed by atoms with van der Waals surface area (Å²) in [6.07, 6.45) is 4.54. The summed E-state index contributed by atoms with van der Waals surface area (Å²) in [4.78, 5) is 24.7. The van der Waals surface area contributed by atoms with Gasteiger partial charge in [0.1, 0.15) is 5.76 Å². The first-order valence-electron chi connectivity index (χ1n) is 8.44. The lowest BCUT2D eigenvalue weighted by Gasteiger charge is -2.30. The highest BCUT2D eigenvalue weighted by molar-refractivity contribution is 5.81. The van der Waals surface area contributed by atoms with Gasteiger partial charge in [0.05, 0.1) is 17.4 Å². The van der Waals surface area contributed by atoms with Gasteiger partial charge >= 0.3 is 0 Å². The van der Waals surface area contributed by atoms with E-state index in [9.17, 15) is 14.9 Å². The van der Waals surface area contributed by atoms with E-state index in [0.717, 1.165) is 38.0 Å². The predicted octanol–water partition coefficient (Wildman–Crippen LogP) is 2.55. The Hall–Kier alpha value is -3.00. The van der Waals surface area contributed by atoms with E-state index in [1.807, 2.05) is 0 Å². The largest absolute Gasteiger partial charge is 0.463 e. The highest BCUT2D eigenvalue weighted by Gasteiger charge is 2.24. The fourth-order valence-electron chi connectivity index (χ4n) is 2.95. The average Bonchev–Trinajstić information content (AvgIpc) is 3.16. The third-order valence-corrected chi connectivity index (χ3v) is 4.42. The highest BCUT2D eigenvalue weighted by Crippen LogP contribution is 2.20. The summed E-state index contributed by atoms with van der Waals surface area (Å²) in [5.74, 6) is 0.447. The van der Waals surface area contributed by atoms with Crippen molar-refractivity contribution >= 4 is 17.8 Å². The SMILES string of the molecule is O=C(NN=Cc1ccco1)C1CCN(Cc2ccc([N+](=O)[O-])cc2)CC1. The van der Waals surface area contributed by atoms with Crippen molar-refractivity contribution in [2.75, 3.05) is 13.1 Å². The zero-order valence-corrected chi connectivity index (χ0v) is 14.2. The van der Waals surface area contributed by atoms with Gasteiger partial charge < -0.3 is 4.42 Å². The van der Waals surface area contributed by atoms with Crippen LogP contribution in [0.1, 0.15) is 24.2 Å². The molecule has 1 aromatic carbocycles. The maximum Gasteiger partial charge on any atom is 0.269 e. The van der Waals surface area contributed by atoms with Crippen LogP contribution in [0.3, 0.4) is 0 Å². The van der Waals surface area contributed by atoms with Crippen molar-refractivity contribution in [2.24, 2.45) is 11.0 Å². The standard InChI is InChI=1S/C18H20N4O4/c23-18(20-19-12-17-2-1-11-26-17)15-7-9-21(10-8-15)13-14-3-5-16(6-4-14)22(24)25/h1-6,11-12,15H,7-10,13H2,(H,20,23). The number of carbonyl (C=O) groups is 1. The van der Waals surface area contributed by atoms with Gasteiger partial charge in [0.15, 0.2) is 0 Å². The number of furan rings is 1. The number of rotatable bonds is 6. The summed E-state index contributed by atoms with van der Waals surface area (Å²) in [5, 5.41) is 14.6. The lowest BCUT2D eigenvalue weighted by molar-refractivity contribution is -0.384. The monoisotopic (exact) mass is 356 g/mol. The van der Waals surface area contributed by atoms with Crippen LogP contribution in [0.15, 0.2) is 52.2 Å². The lowest BCUT2D eigenvalue weighted by Crippen LogP contribution is -2.39. The summed E-state index contributed by atoms with van der Waals surface area (Å²) in [6, 6.07) is 10.1. The molecule has 1 aliphatic rings. The van der Waals surface area contributed by atoms with E-state index in [4.69, 9.17) is 4.42 Å². The molecule has 8 nitrogen and oxygen atoms in total. The fourth-order valence-corrected chi connectivity index (χ4v) is 2.95. The Morgan fingerprint density at radius 1 is 1.31 bits per heavy atom. The molecule has 3 rings (SSSR count). The van der Waals surface area contributed by atoms with E-state index in [1.165, 1.54) is 18.3 Å². The van der Waals surface area contributed by atoms with E-state index in [1.54, 1.807) is 30.5 Å². The molecule has 1 aromatic heterocycles. The normalized spacial score (nSPS) is 16.0. The maximum absolute atomic E-state index is 12.2. The average molecular weight is 356 g/mol. The van der Waals surface area contributed by atoms with E-state index in [2.05, 4.69) is 15.4 Å². The van der Waals surface area contributed by atoms with Crippen molar-refractivity contribution in [3.8, 4) is 0 Å². The molecule has 0 bridgehead atoms. The summed E-state index contributed by atoms with van der Waals surface area (Å²) in [7, 11) is 0. The molecule has 0 aliphatic carbocycles. The molecule has 1 amide bonds. The zero-order valence-electron chi connectivity index (χ0n) is 14.2. The molecule has 0 atom stereocenters. The summed E-state index contributed by atoms with van der Waals surface area (Å²) in [5.41, 5.74) is 3.69. The van der Waals surface area contributed by atoms with Crippen LogP contribution in [0.5, 0.6) is 0 Å². The number of amides is 1. The second-order valence-electron chi connectivity index (χ2n) is 6.22. The number of nitrogens with one attached hydrogen (secondary N) is 1. The Kier molecular flexibility index (Phi) is 5.75. The van der Waals surface area contributed by atoms with E-state index in [-0.39, 0.29) is 17.5 Å². The molecule has 1 fully saturated rings. The third-order valence-electron chi connectivity index (χ3n) is 4.42. The quantitative estimate of drug-likeness (QED) is 0.487. The molecule has 0 radical (unpaired) electrons. The Bertz CT molecular complexity index is 763.